The van der Waals surface area contributed by atoms with Crippen molar-refractivity contribution >= 4 is 5.78 Å². The lowest BCUT2D eigenvalue weighted by Gasteiger charge is -2.20. The summed E-state index contributed by atoms with van der Waals surface area (Å²) >= 11 is 0. The lowest BCUT2D eigenvalue weighted by molar-refractivity contribution is -0.145. The summed E-state index contributed by atoms with van der Waals surface area (Å²) in [5.41, 5.74) is 0. The maximum atomic E-state index is 11.2. The number of rotatable bonds is 7. The molecule has 0 saturated heterocycles. The molecule has 0 aromatic rings. The fourth-order valence-corrected chi connectivity index (χ4v) is 0.843. The largest absolute Gasteiger partial charge is 0.394 e. The van der Waals surface area contributed by atoms with Crippen LogP contribution in [-0.2, 0) is 9.53 Å². The number of hydrogen-bond acceptors (Lipinski definition) is 6. The molecule has 0 amide bonds. The summed E-state index contributed by atoms with van der Waals surface area (Å²) in [4.78, 5) is 11.2. The third-order valence-corrected chi connectivity index (χ3v) is 1.79. The standard InChI is InChI=1S/C9H18O6/c1-5(2)15-4-7(12)9(14)8(13)6(11)3-10/h5-6,8-11,13-14H,3-4H2,1-2H3/t6-,8+,9+/m1/s1. The highest BCUT2D eigenvalue weighted by atomic mass is 16.5. The zero-order valence-corrected chi connectivity index (χ0v) is 8.83. The predicted octanol–water partition coefficient (Wildman–Crippen LogP) is -1.94. The Bertz CT molecular complexity index is 193. The average molecular weight is 222 g/mol. The molecule has 0 aliphatic carbocycles. The second-order valence-electron chi connectivity index (χ2n) is 3.51. The minimum absolute atomic E-state index is 0.166. The minimum Gasteiger partial charge on any atom is -0.394 e. The van der Waals surface area contributed by atoms with E-state index in [1.165, 1.54) is 0 Å². The van der Waals surface area contributed by atoms with Crippen LogP contribution in [0.1, 0.15) is 13.8 Å². The van der Waals surface area contributed by atoms with Crippen molar-refractivity contribution in [2.45, 2.75) is 38.3 Å². The van der Waals surface area contributed by atoms with Crippen molar-refractivity contribution < 1.29 is 30.0 Å². The zero-order valence-electron chi connectivity index (χ0n) is 8.83. The molecule has 0 spiro atoms. The fraction of sp³-hybridized carbons (Fsp3) is 0.889. The van der Waals surface area contributed by atoms with E-state index in [1.54, 1.807) is 13.8 Å². The third-order valence-electron chi connectivity index (χ3n) is 1.79. The van der Waals surface area contributed by atoms with Crippen LogP contribution in [0.5, 0.6) is 0 Å². The van der Waals surface area contributed by atoms with E-state index in [2.05, 4.69) is 0 Å². The molecule has 90 valence electrons. The fourth-order valence-electron chi connectivity index (χ4n) is 0.843. The van der Waals surface area contributed by atoms with Crippen LogP contribution < -0.4 is 0 Å². The Kier molecular flexibility index (Phi) is 6.62. The summed E-state index contributed by atoms with van der Waals surface area (Å²) in [6.07, 6.45) is -5.15. The van der Waals surface area contributed by atoms with Crippen LogP contribution in [0, 0.1) is 0 Å². The van der Waals surface area contributed by atoms with Gasteiger partial charge in [-0.2, -0.15) is 0 Å². The molecule has 0 rings (SSSR count). The van der Waals surface area contributed by atoms with Crippen LogP contribution in [0.4, 0.5) is 0 Å². The smallest absolute Gasteiger partial charge is 0.189 e. The first-order valence-electron chi connectivity index (χ1n) is 4.69. The molecule has 0 aromatic heterocycles. The van der Waals surface area contributed by atoms with Gasteiger partial charge >= 0.3 is 0 Å². The lowest BCUT2D eigenvalue weighted by Crippen LogP contribution is -2.45. The molecule has 0 saturated carbocycles. The van der Waals surface area contributed by atoms with Gasteiger partial charge in [0.2, 0.25) is 0 Å². The minimum atomic E-state index is -1.74. The maximum Gasteiger partial charge on any atom is 0.189 e. The summed E-state index contributed by atoms with van der Waals surface area (Å²) < 4.78 is 4.92. The summed E-state index contributed by atoms with van der Waals surface area (Å²) in [6, 6.07) is 0. The van der Waals surface area contributed by atoms with Gasteiger partial charge in [0.05, 0.1) is 12.7 Å². The highest BCUT2D eigenvalue weighted by molar-refractivity contribution is 5.84. The van der Waals surface area contributed by atoms with Crippen molar-refractivity contribution in [3.8, 4) is 0 Å². The number of ketones is 1. The van der Waals surface area contributed by atoms with E-state index in [9.17, 15) is 15.0 Å². The molecule has 0 aliphatic heterocycles. The number of carbonyl (C=O) groups excluding carboxylic acids is 1. The summed E-state index contributed by atoms with van der Waals surface area (Å²) in [7, 11) is 0. The molecule has 6 heteroatoms. The van der Waals surface area contributed by atoms with Crippen LogP contribution in [0.3, 0.4) is 0 Å². The number of aliphatic hydroxyl groups excluding tert-OH is 4. The quantitative estimate of drug-likeness (QED) is 0.399. The van der Waals surface area contributed by atoms with Gasteiger partial charge in [0, 0.05) is 0 Å². The Labute approximate surface area is 88.1 Å². The van der Waals surface area contributed by atoms with Crippen LogP contribution in [0.2, 0.25) is 0 Å². The van der Waals surface area contributed by atoms with Gasteiger partial charge in [0.25, 0.3) is 0 Å². The second kappa shape index (κ2) is 6.86. The van der Waals surface area contributed by atoms with E-state index in [1.807, 2.05) is 0 Å². The lowest BCUT2D eigenvalue weighted by atomic mass is 10.1. The molecule has 6 nitrogen and oxygen atoms in total. The number of ether oxygens (including phenoxy) is 1. The Balaban J connectivity index is 4.07. The maximum absolute atomic E-state index is 11.2. The van der Waals surface area contributed by atoms with Gasteiger partial charge in [0.1, 0.15) is 24.9 Å². The Morgan fingerprint density at radius 3 is 2.20 bits per heavy atom. The average Bonchev–Trinajstić information content (AvgIpc) is 2.22. The summed E-state index contributed by atoms with van der Waals surface area (Å²) in [5.74, 6) is -0.733. The first-order chi connectivity index (χ1) is 6.90. The van der Waals surface area contributed by atoms with Crippen LogP contribution in [0.25, 0.3) is 0 Å². The Morgan fingerprint density at radius 1 is 1.27 bits per heavy atom. The predicted molar refractivity (Wildman–Crippen MR) is 51.2 cm³/mol. The van der Waals surface area contributed by atoms with Crippen molar-refractivity contribution in [2.24, 2.45) is 0 Å². The number of carbonyl (C=O) groups is 1. The molecule has 0 fully saturated rings. The van der Waals surface area contributed by atoms with E-state index in [-0.39, 0.29) is 12.7 Å². The molecule has 0 aliphatic rings. The highest BCUT2D eigenvalue weighted by Gasteiger charge is 2.29. The van der Waals surface area contributed by atoms with Crippen molar-refractivity contribution in [3.63, 3.8) is 0 Å². The number of Topliss-reactive ketones (excluding diaryl/α,β-unsaturated/α-hetero) is 1. The van der Waals surface area contributed by atoms with Crippen molar-refractivity contribution in [2.75, 3.05) is 13.2 Å². The monoisotopic (exact) mass is 222 g/mol. The van der Waals surface area contributed by atoms with E-state index < -0.39 is 30.7 Å². The van der Waals surface area contributed by atoms with Gasteiger partial charge in [-0.25, -0.2) is 0 Å². The molecule has 0 bridgehead atoms. The highest BCUT2D eigenvalue weighted by Crippen LogP contribution is 2.02. The molecular formula is C9H18O6. The summed E-state index contributed by atoms with van der Waals surface area (Å²) in [6.45, 7) is 2.38. The second-order valence-corrected chi connectivity index (χ2v) is 3.51. The molecule has 4 N–H and O–H groups in total. The van der Waals surface area contributed by atoms with Crippen LogP contribution in [0.15, 0.2) is 0 Å². The number of hydrogen-bond donors (Lipinski definition) is 4. The molecular weight excluding hydrogens is 204 g/mol. The molecule has 0 heterocycles. The topological polar surface area (TPSA) is 107 Å². The van der Waals surface area contributed by atoms with Crippen molar-refractivity contribution in [3.05, 3.63) is 0 Å². The molecule has 0 unspecified atom stereocenters. The molecule has 15 heavy (non-hydrogen) atoms. The van der Waals surface area contributed by atoms with E-state index >= 15 is 0 Å². The van der Waals surface area contributed by atoms with E-state index in [4.69, 9.17) is 14.9 Å². The molecule has 0 aromatic carbocycles. The number of aliphatic hydroxyl groups is 4. The molecule has 3 atom stereocenters. The van der Waals surface area contributed by atoms with Crippen LogP contribution in [-0.4, -0.2) is 63.8 Å². The van der Waals surface area contributed by atoms with Crippen LogP contribution >= 0.6 is 0 Å². The van der Waals surface area contributed by atoms with E-state index in [0.717, 1.165) is 0 Å². The van der Waals surface area contributed by atoms with Gasteiger partial charge in [-0.1, -0.05) is 0 Å². The van der Waals surface area contributed by atoms with E-state index in [0.29, 0.717) is 0 Å². The van der Waals surface area contributed by atoms with Crippen molar-refractivity contribution in [1.82, 2.24) is 0 Å². The first-order valence-corrected chi connectivity index (χ1v) is 4.69. The Morgan fingerprint density at radius 2 is 1.80 bits per heavy atom. The normalized spacial score (nSPS) is 17.5. The Hall–Kier alpha value is -0.530. The van der Waals surface area contributed by atoms with Gasteiger partial charge < -0.3 is 25.2 Å². The first kappa shape index (κ1) is 14.5. The molecule has 0 radical (unpaired) electrons. The van der Waals surface area contributed by atoms with Gasteiger partial charge in [-0.15, -0.1) is 0 Å². The van der Waals surface area contributed by atoms with Crippen molar-refractivity contribution in [1.29, 1.82) is 0 Å². The van der Waals surface area contributed by atoms with Gasteiger partial charge in [0.15, 0.2) is 5.78 Å². The SMILES string of the molecule is CC(C)OCC(=O)[C@H](O)[C@@H](O)[C@H](O)CO. The zero-order chi connectivity index (χ0) is 12.0. The third kappa shape index (κ3) is 5.19. The summed E-state index contributed by atoms with van der Waals surface area (Å²) in [5, 5.41) is 35.9. The van der Waals surface area contributed by atoms with Gasteiger partial charge in [-0.05, 0) is 13.8 Å². The van der Waals surface area contributed by atoms with Gasteiger partial charge in [-0.3, -0.25) is 4.79 Å².